The molecule has 0 radical (unpaired) electrons. The number of hydrogen-bond donors (Lipinski definition) is 3. The fraction of sp³-hybridized carbons (Fsp3) is 0.455. The Morgan fingerprint density at radius 3 is 2.79 bits per heavy atom. The van der Waals surface area contributed by atoms with Gasteiger partial charge in [-0.25, -0.2) is 4.98 Å². The second kappa shape index (κ2) is 7.91. The molecule has 0 aliphatic carbocycles. The quantitative estimate of drug-likeness (QED) is 0.584. The Labute approximate surface area is 171 Å². The predicted octanol–water partition coefficient (Wildman–Crippen LogP) is 4.25. The average molecular weight is 392 g/mol. The van der Waals surface area contributed by atoms with Gasteiger partial charge >= 0.3 is 0 Å². The van der Waals surface area contributed by atoms with E-state index in [-0.39, 0.29) is 6.04 Å². The summed E-state index contributed by atoms with van der Waals surface area (Å²) in [5.41, 5.74) is 5.84. The number of aromatic nitrogens is 4. The van der Waals surface area contributed by atoms with Crippen LogP contribution in [0.4, 0.5) is 11.6 Å². The highest BCUT2D eigenvalue weighted by molar-refractivity contribution is 5.94. The minimum atomic E-state index is 0.228. The summed E-state index contributed by atoms with van der Waals surface area (Å²) < 4.78 is 0. The molecule has 29 heavy (non-hydrogen) atoms. The number of nitrogens with zero attached hydrogens (tertiary/aromatic N) is 4. The first-order chi connectivity index (χ1) is 13.9. The first-order valence-electron chi connectivity index (χ1n) is 10.4. The summed E-state index contributed by atoms with van der Waals surface area (Å²) in [5, 5.41) is 7.87. The maximum atomic E-state index is 4.94. The Bertz CT molecular complexity index is 1050. The van der Waals surface area contributed by atoms with Gasteiger partial charge in [0.1, 0.15) is 5.65 Å². The van der Waals surface area contributed by atoms with E-state index in [2.05, 4.69) is 66.3 Å². The fourth-order valence-corrected chi connectivity index (χ4v) is 3.60. The van der Waals surface area contributed by atoms with Crippen molar-refractivity contribution in [1.29, 1.82) is 0 Å². The van der Waals surface area contributed by atoms with Crippen molar-refractivity contribution < 1.29 is 0 Å². The summed E-state index contributed by atoms with van der Waals surface area (Å²) in [7, 11) is 0. The number of H-pyrrole nitrogens is 1. The maximum absolute atomic E-state index is 4.94. The number of hydrogen-bond acceptors (Lipinski definition) is 6. The summed E-state index contributed by atoms with van der Waals surface area (Å²) in [5.74, 6) is 0.645. The van der Waals surface area contributed by atoms with Crippen molar-refractivity contribution in [3.63, 3.8) is 0 Å². The Morgan fingerprint density at radius 1 is 1.21 bits per heavy atom. The highest BCUT2D eigenvalue weighted by Crippen LogP contribution is 2.31. The van der Waals surface area contributed by atoms with Crippen LogP contribution in [0, 0.1) is 0 Å². The van der Waals surface area contributed by atoms with Gasteiger partial charge in [0.05, 0.1) is 23.1 Å². The molecular formula is C22H29N7. The Morgan fingerprint density at radius 2 is 2.03 bits per heavy atom. The summed E-state index contributed by atoms with van der Waals surface area (Å²) in [6, 6.07) is 5.05. The lowest BCUT2D eigenvalue weighted by Gasteiger charge is -2.25. The van der Waals surface area contributed by atoms with Gasteiger partial charge in [-0.15, -0.1) is 0 Å². The molecule has 0 bridgehead atoms. The number of fused-ring (bicyclic) bond motifs is 2. The van der Waals surface area contributed by atoms with Crippen molar-refractivity contribution in [2.45, 2.75) is 65.6 Å². The van der Waals surface area contributed by atoms with Crippen molar-refractivity contribution in [1.82, 2.24) is 25.3 Å². The van der Waals surface area contributed by atoms with Crippen LogP contribution < -0.4 is 10.6 Å². The molecule has 152 valence electrons. The van der Waals surface area contributed by atoms with E-state index in [0.29, 0.717) is 18.0 Å². The van der Waals surface area contributed by atoms with Gasteiger partial charge in [-0.2, -0.15) is 4.98 Å². The van der Waals surface area contributed by atoms with E-state index >= 15 is 0 Å². The van der Waals surface area contributed by atoms with Gasteiger partial charge in [0, 0.05) is 47.6 Å². The Balaban J connectivity index is 1.65. The Kier molecular flexibility index (Phi) is 5.32. The molecule has 0 saturated heterocycles. The van der Waals surface area contributed by atoms with Crippen LogP contribution in [-0.2, 0) is 6.42 Å². The number of nitrogens with one attached hydrogen (secondary N) is 3. The van der Waals surface area contributed by atoms with E-state index in [1.165, 1.54) is 0 Å². The first-order valence-corrected chi connectivity index (χ1v) is 10.4. The number of aromatic amines is 1. The van der Waals surface area contributed by atoms with Gasteiger partial charge in [0.15, 0.2) is 0 Å². The lowest BCUT2D eigenvalue weighted by atomic mass is 10.00. The van der Waals surface area contributed by atoms with Crippen molar-refractivity contribution in [2.24, 2.45) is 4.99 Å². The maximum Gasteiger partial charge on any atom is 0.224 e. The molecule has 3 aromatic rings. The third kappa shape index (κ3) is 4.00. The second-order valence-corrected chi connectivity index (χ2v) is 8.11. The molecule has 0 unspecified atom stereocenters. The fourth-order valence-electron chi connectivity index (χ4n) is 3.60. The van der Waals surface area contributed by atoms with Gasteiger partial charge in [0.25, 0.3) is 0 Å². The first kappa shape index (κ1) is 19.5. The molecule has 0 amide bonds. The Hall–Kier alpha value is -2.80. The standard InChI is InChI=1S/C22H29N7/c1-6-13(4)26-22-24-11-16-15(10-23-21(16)29-22)17-7-8-18-20(28-17)9-19(14(5)27-18)25-12(2)3/h7-8,10-13,19,25H,6,9H2,1-5H3,(H2,23,24,26,29)/t13-,19-/m0/s1. The van der Waals surface area contributed by atoms with Crippen LogP contribution in [-0.4, -0.2) is 43.8 Å². The predicted molar refractivity (Wildman–Crippen MR) is 119 cm³/mol. The van der Waals surface area contributed by atoms with E-state index in [1.807, 2.05) is 18.5 Å². The monoisotopic (exact) mass is 391 g/mol. The van der Waals surface area contributed by atoms with Gasteiger partial charge < -0.3 is 15.6 Å². The van der Waals surface area contributed by atoms with Crippen molar-refractivity contribution in [3.8, 4) is 11.3 Å². The topological polar surface area (TPSA) is 90.9 Å². The summed E-state index contributed by atoms with van der Waals surface area (Å²) in [4.78, 5) is 22.1. The minimum Gasteiger partial charge on any atom is -0.352 e. The smallest absolute Gasteiger partial charge is 0.224 e. The molecule has 4 heterocycles. The number of aliphatic imine (C=N–C) groups is 1. The van der Waals surface area contributed by atoms with Crippen LogP contribution in [0.5, 0.6) is 0 Å². The molecule has 2 atom stereocenters. The van der Waals surface area contributed by atoms with Crippen LogP contribution in [0.2, 0.25) is 0 Å². The van der Waals surface area contributed by atoms with Crippen LogP contribution in [0.15, 0.2) is 29.5 Å². The zero-order valence-corrected chi connectivity index (χ0v) is 17.7. The third-order valence-electron chi connectivity index (χ3n) is 5.38. The van der Waals surface area contributed by atoms with E-state index in [4.69, 9.17) is 9.98 Å². The zero-order valence-electron chi connectivity index (χ0n) is 17.7. The normalized spacial score (nSPS) is 17.3. The van der Waals surface area contributed by atoms with E-state index in [9.17, 15) is 0 Å². The molecule has 0 fully saturated rings. The second-order valence-electron chi connectivity index (χ2n) is 8.11. The van der Waals surface area contributed by atoms with Crippen LogP contribution in [0.25, 0.3) is 22.3 Å². The number of rotatable bonds is 6. The minimum absolute atomic E-state index is 0.228. The zero-order chi connectivity index (χ0) is 20.5. The van der Waals surface area contributed by atoms with Gasteiger partial charge in [-0.1, -0.05) is 20.8 Å². The molecule has 7 nitrogen and oxygen atoms in total. The number of anilines is 1. The molecule has 0 saturated carbocycles. The van der Waals surface area contributed by atoms with Gasteiger partial charge in [-0.3, -0.25) is 9.98 Å². The average Bonchev–Trinajstić information content (AvgIpc) is 3.11. The van der Waals surface area contributed by atoms with Crippen molar-refractivity contribution in [2.75, 3.05) is 5.32 Å². The van der Waals surface area contributed by atoms with E-state index in [1.54, 1.807) is 0 Å². The van der Waals surface area contributed by atoms with E-state index < -0.39 is 0 Å². The van der Waals surface area contributed by atoms with Gasteiger partial charge in [0.2, 0.25) is 5.95 Å². The molecule has 0 aromatic carbocycles. The lowest BCUT2D eigenvalue weighted by molar-refractivity contribution is 0.531. The van der Waals surface area contributed by atoms with Gasteiger partial charge in [-0.05, 0) is 32.4 Å². The molecule has 4 rings (SSSR count). The molecule has 7 heteroatoms. The SMILES string of the molecule is CC[C@H](C)Nc1ncc2c(-c3ccc4c(n3)C[C@H](NC(C)C)C(C)=N4)c[nH]c2n1. The van der Waals surface area contributed by atoms with E-state index in [0.717, 1.165) is 52.2 Å². The summed E-state index contributed by atoms with van der Waals surface area (Å²) >= 11 is 0. The molecule has 3 aromatic heterocycles. The van der Waals surface area contributed by atoms with Crippen LogP contribution >= 0.6 is 0 Å². The largest absolute Gasteiger partial charge is 0.352 e. The molecule has 3 N–H and O–H groups in total. The van der Waals surface area contributed by atoms with Crippen molar-refractivity contribution in [3.05, 3.63) is 30.2 Å². The molecule has 1 aliphatic heterocycles. The third-order valence-corrected chi connectivity index (χ3v) is 5.38. The van der Waals surface area contributed by atoms with Crippen LogP contribution in [0.1, 0.15) is 46.7 Å². The molecule has 0 spiro atoms. The summed E-state index contributed by atoms with van der Waals surface area (Å²) in [6.07, 6.45) is 5.69. The highest BCUT2D eigenvalue weighted by atomic mass is 15.1. The lowest BCUT2D eigenvalue weighted by Crippen LogP contribution is -2.42. The summed E-state index contributed by atoms with van der Waals surface area (Å²) in [6.45, 7) is 10.7. The molecule has 1 aliphatic rings. The molecular weight excluding hydrogens is 362 g/mol. The van der Waals surface area contributed by atoms with Crippen molar-refractivity contribution >= 4 is 28.4 Å². The highest BCUT2D eigenvalue weighted by Gasteiger charge is 2.23. The number of pyridine rings is 1. The van der Waals surface area contributed by atoms with Crippen LogP contribution in [0.3, 0.4) is 0 Å².